The number of fused-ring (bicyclic) bond motifs is 1. The van der Waals surface area contributed by atoms with Crippen LogP contribution in [-0.2, 0) is 14.3 Å². The van der Waals surface area contributed by atoms with E-state index in [2.05, 4.69) is 5.32 Å². The number of unbranched alkanes of at least 4 members (excludes halogenated alkanes) is 2. The van der Waals surface area contributed by atoms with Gasteiger partial charge in [-0.2, -0.15) is 0 Å². The molecule has 0 saturated heterocycles. The first-order chi connectivity index (χ1) is 15.7. The van der Waals surface area contributed by atoms with Gasteiger partial charge in [0.05, 0.1) is 34.8 Å². The van der Waals surface area contributed by atoms with Crippen molar-refractivity contribution in [3.63, 3.8) is 0 Å². The predicted octanol–water partition coefficient (Wildman–Crippen LogP) is 2.87. The Morgan fingerprint density at radius 1 is 1.27 bits per heavy atom. The van der Waals surface area contributed by atoms with Crippen LogP contribution >= 0.6 is 0 Å². The van der Waals surface area contributed by atoms with E-state index in [0.29, 0.717) is 25.0 Å². The number of hydrogen-bond donors (Lipinski definition) is 2. The topological polar surface area (TPSA) is 158 Å². The molecular weight excluding hydrogens is 438 g/mol. The number of ether oxygens (including phenoxy) is 3. The molecule has 0 bridgehead atoms. The zero-order valence-corrected chi connectivity index (χ0v) is 18.3. The molecule has 0 spiro atoms. The molecule has 3 rings (SSSR count). The molecule has 0 aromatic heterocycles. The van der Waals surface area contributed by atoms with Crippen LogP contribution < -0.4 is 14.8 Å². The number of carbonyl (C=O) groups excluding carboxylic acids is 2. The Morgan fingerprint density at radius 2 is 1.97 bits per heavy atom. The summed E-state index contributed by atoms with van der Waals surface area (Å²) in [5.74, 6) is -1.12. The zero-order valence-electron chi connectivity index (χ0n) is 18.3. The Kier molecular flexibility index (Phi) is 7.36. The summed E-state index contributed by atoms with van der Waals surface area (Å²) in [5, 5.41) is 23.2. The summed E-state index contributed by atoms with van der Waals surface area (Å²) in [4.78, 5) is 48.9. The van der Waals surface area contributed by atoms with Crippen LogP contribution in [0.3, 0.4) is 0 Å². The Morgan fingerprint density at radius 3 is 2.61 bits per heavy atom. The molecule has 2 heterocycles. The quantitative estimate of drug-likeness (QED) is 0.230. The number of esters is 1. The van der Waals surface area contributed by atoms with Gasteiger partial charge in [0.25, 0.3) is 5.69 Å². The van der Waals surface area contributed by atoms with E-state index in [1.54, 1.807) is 13.8 Å². The van der Waals surface area contributed by atoms with Crippen molar-refractivity contribution in [2.45, 2.75) is 45.6 Å². The summed E-state index contributed by atoms with van der Waals surface area (Å²) in [6, 6.07) is 0.932. The number of nitro groups is 1. The van der Waals surface area contributed by atoms with Crippen LogP contribution in [-0.4, -0.2) is 52.8 Å². The average molecular weight is 463 g/mol. The number of allylic oxidation sites excluding steroid dienone is 1. The number of hydrogen-bond acceptors (Lipinski definition) is 8. The summed E-state index contributed by atoms with van der Waals surface area (Å²) in [6.45, 7) is 3.44. The van der Waals surface area contributed by atoms with E-state index in [1.807, 2.05) is 0 Å². The SMILES string of the molecule is CCOC(=O)C1=C(C)N(CCCCCC(=O)O)C(=O)NC1c1cc2c(cc1[N+](=O)[O-])OCO2. The lowest BCUT2D eigenvalue weighted by atomic mass is 9.93. The van der Waals surface area contributed by atoms with Gasteiger partial charge in [0.2, 0.25) is 6.79 Å². The Hall–Kier alpha value is -3.83. The van der Waals surface area contributed by atoms with Crippen molar-refractivity contribution >= 4 is 23.7 Å². The Balaban J connectivity index is 1.96. The number of carbonyl (C=O) groups is 3. The van der Waals surface area contributed by atoms with Crippen LogP contribution in [0.4, 0.5) is 10.5 Å². The number of nitrogens with zero attached hydrogens (tertiary/aromatic N) is 2. The minimum atomic E-state index is -1.13. The molecule has 0 aliphatic carbocycles. The van der Waals surface area contributed by atoms with Gasteiger partial charge in [-0.1, -0.05) is 6.42 Å². The smallest absolute Gasteiger partial charge is 0.338 e. The van der Waals surface area contributed by atoms with E-state index in [4.69, 9.17) is 19.3 Å². The minimum absolute atomic E-state index is 0.0327. The Labute approximate surface area is 189 Å². The van der Waals surface area contributed by atoms with Crippen LogP contribution in [0.25, 0.3) is 0 Å². The molecule has 2 N–H and O–H groups in total. The maximum atomic E-state index is 12.9. The van der Waals surface area contributed by atoms with Crippen molar-refractivity contribution < 1.29 is 38.6 Å². The molecule has 1 aromatic rings. The second-order valence-electron chi connectivity index (χ2n) is 7.48. The normalized spacial score (nSPS) is 17.1. The first-order valence-corrected chi connectivity index (χ1v) is 10.5. The third kappa shape index (κ3) is 5.16. The molecule has 2 amide bonds. The molecule has 178 valence electrons. The van der Waals surface area contributed by atoms with Crippen molar-refractivity contribution in [2.24, 2.45) is 0 Å². The summed E-state index contributed by atoms with van der Waals surface area (Å²) in [6.07, 6.45) is 1.59. The standard InChI is InChI=1S/C21H25N3O9/c1-3-31-20(27)18-12(2)23(8-6-4-5-7-17(25)26)21(28)22-19(18)13-9-15-16(33-11-32-15)10-14(13)24(29)30/h9-10,19H,3-8,11H2,1-2H3,(H,22,28)(H,25,26). The molecule has 12 nitrogen and oxygen atoms in total. The third-order valence-corrected chi connectivity index (χ3v) is 5.39. The van der Waals surface area contributed by atoms with Gasteiger partial charge < -0.3 is 24.6 Å². The molecule has 1 aromatic carbocycles. The van der Waals surface area contributed by atoms with Crippen molar-refractivity contribution in [2.75, 3.05) is 19.9 Å². The Bertz CT molecular complexity index is 1000. The number of rotatable bonds is 10. The second-order valence-corrected chi connectivity index (χ2v) is 7.48. The van der Waals surface area contributed by atoms with Gasteiger partial charge in [-0.05, 0) is 32.8 Å². The molecule has 2 aliphatic rings. The highest BCUT2D eigenvalue weighted by Gasteiger charge is 2.40. The second kappa shape index (κ2) is 10.2. The highest BCUT2D eigenvalue weighted by Crippen LogP contribution is 2.43. The van der Waals surface area contributed by atoms with Crippen LogP contribution in [0.15, 0.2) is 23.4 Å². The minimum Gasteiger partial charge on any atom is -0.481 e. The van der Waals surface area contributed by atoms with Gasteiger partial charge >= 0.3 is 18.0 Å². The van der Waals surface area contributed by atoms with E-state index in [9.17, 15) is 24.5 Å². The van der Waals surface area contributed by atoms with E-state index in [1.165, 1.54) is 17.0 Å². The molecule has 1 unspecified atom stereocenters. The monoisotopic (exact) mass is 463 g/mol. The molecule has 1 atom stereocenters. The summed E-state index contributed by atoms with van der Waals surface area (Å²) in [7, 11) is 0. The molecule has 0 fully saturated rings. The third-order valence-electron chi connectivity index (χ3n) is 5.39. The van der Waals surface area contributed by atoms with Gasteiger partial charge in [-0.3, -0.25) is 19.8 Å². The van der Waals surface area contributed by atoms with Gasteiger partial charge in [-0.25, -0.2) is 9.59 Å². The fourth-order valence-electron chi connectivity index (χ4n) is 3.82. The summed E-state index contributed by atoms with van der Waals surface area (Å²) >= 11 is 0. The molecule has 2 aliphatic heterocycles. The first-order valence-electron chi connectivity index (χ1n) is 10.5. The molecular formula is C21H25N3O9. The number of nitro benzene ring substituents is 1. The van der Waals surface area contributed by atoms with E-state index >= 15 is 0 Å². The molecule has 33 heavy (non-hydrogen) atoms. The summed E-state index contributed by atoms with van der Waals surface area (Å²) < 4.78 is 15.7. The predicted molar refractivity (Wildman–Crippen MR) is 113 cm³/mol. The van der Waals surface area contributed by atoms with Crippen LogP contribution in [0.5, 0.6) is 11.5 Å². The van der Waals surface area contributed by atoms with Gasteiger partial charge in [0.15, 0.2) is 11.5 Å². The highest BCUT2D eigenvalue weighted by molar-refractivity contribution is 5.95. The fraction of sp³-hybridized carbons (Fsp3) is 0.476. The van der Waals surface area contributed by atoms with Gasteiger partial charge in [0.1, 0.15) is 0 Å². The molecule has 12 heteroatoms. The van der Waals surface area contributed by atoms with Crippen molar-refractivity contribution in [3.05, 3.63) is 39.1 Å². The van der Waals surface area contributed by atoms with Crippen molar-refractivity contribution in [1.29, 1.82) is 0 Å². The lowest BCUT2D eigenvalue weighted by Gasteiger charge is -2.35. The maximum absolute atomic E-state index is 12.9. The highest BCUT2D eigenvalue weighted by atomic mass is 16.7. The van der Waals surface area contributed by atoms with E-state index in [0.717, 1.165) is 0 Å². The van der Waals surface area contributed by atoms with E-state index < -0.39 is 28.9 Å². The maximum Gasteiger partial charge on any atom is 0.338 e. The fourth-order valence-corrected chi connectivity index (χ4v) is 3.82. The van der Waals surface area contributed by atoms with Crippen molar-refractivity contribution in [3.8, 4) is 11.5 Å². The van der Waals surface area contributed by atoms with Crippen LogP contribution in [0.1, 0.15) is 51.1 Å². The van der Waals surface area contributed by atoms with Crippen molar-refractivity contribution in [1.82, 2.24) is 10.2 Å². The van der Waals surface area contributed by atoms with Gasteiger partial charge in [-0.15, -0.1) is 0 Å². The largest absolute Gasteiger partial charge is 0.481 e. The number of carboxylic acids is 1. The number of carboxylic acid groups (broad SMARTS) is 1. The molecule has 0 radical (unpaired) electrons. The number of aliphatic carboxylic acids is 1. The van der Waals surface area contributed by atoms with Gasteiger partial charge in [0, 0.05) is 18.7 Å². The lowest BCUT2D eigenvalue weighted by molar-refractivity contribution is -0.385. The number of nitrogens with one attached hydrogen (secondary N) is 1. The lowest BCUT2D eigenvalue weighted by Crippen LogP contribution is -2.48. The van der Waals surface area contributed by atoms with Crippen LogP contribution in [0.2, 0.25) is 0 Å². The number of benzene rings is 1. The number of amides is 2. The molecule has 0 saturated carbocycles. The first kappa shape index (κ1) is 23.8. The van der Waals surface area contributed by atoms with Crippen LogP contribution in [0, 0.1) is 10.1 Å². The summed E-state index contributed by atoms with van der Waals surface area (Å²) in [5.41, 5.74) is 0.124. The zero-order chi connectivity index (χ0) is 24.1. The number of urea groups is 1. The average Bonchev–Trinajstić information content (AvgIpc) is 3.21. The van der Waals surface area contributed by atoms with E-state index in [-0.39, 0.29) is 54.7 Å².